The summed E-state index contributed by atoms with van der Waals surface area (Å²) in [5.41, 5.74) is 4.04. The van der Waals surface area contributed by atoms with E-state index < -0.39 is 33.8 Å². The summed E-state index contributed by atoms with van der Waals surface area (Å²) in [4.78, 5) is 22.0. The van der Waals surface area contributed by atoms with Crippen molar-refractivity contribution in [2.75, 3.05) is 11.1 Å². The number of rotatable bonds is 3. The van der Waals surface area contributed by atoms with Crippen molar-refractivity contribution < 1.29 is 18.5 Å². The van der Waals surface area contributed by atoms with E-state index in [-0.39, 0.29) is 11.3 Å². The van der Waals surface area contributed by atoms with Crippen LogP contribution in [0.15, 0.2) is 36.4 Å². The largest absolute Gasteiger partial charge is 0.398 e. The van der Waals surface area contributed by atoms with Crippen molar-refractivity contribution in [1.29, 1.82) is 0 Å². The molecule has 0 aliphatic rings. The van der Waals surface area contributed by atoms with Gasteiger partial charge in [-0.3, -0.25) is 14.9 Å². The first-order chi connectivity index (χ1) is 9.90. The number of nitrogens with one attached hydrogen (secondary N) is 1. The summed E-state index contributed by atoms with van der Waals surface area (Å²) in [5, 5.41) is 12.9. The molecule has 6 nitrogen and oxygen atoms in total. The van der Waals surface area contributed by atoms with E-state index in [0.717, 1.165) is 36.4 Å². The molecular formula is C13H9F2N3O3. The molecule has 0 bridgehead atoms. The fraction of sp³-hybridized carbons (Fsp3) is 0. The zero-order chi connectivity index (χ0) is 15.6. The lowest BCUT2D eigenvalue weighted by atomic mass is 10.1. The van der Waals surface area contributed by atoms with E-state index >= 15 is 0 Å². The summed E-state index contributed by atoms with van der Waals surface area (Å²) >= 11 is 0. The number of nitro groups is 1. The second kappa shape index (κ2) is 5.53. The van der Waals surface area contributed by atoms with Crippen LogP contribution in [0.1, 0.15) is 10.4 Å². The highest BCUT2D eigenvalue weighted by Gasteiger charge is 2.21. The standard InChI is InChI=1S/C13H9F2N3O3/c14-7-4-5-8(10(16)6-7)13(19)17-12-9(15)2-1-3-11(12)18(20)21/h1-6H,16H2,(H,17,19). The van der Waals surface area contributed by atoms with Gasteiger partial charge in [-0.25, -0.2) is 8.78 Å². The average Bonchev–Trinajstić information content (AvgIpc) is 2.40. The van der Waals surface area contributed by atoms with Gasteiger partial charge < -0.3 is 11.1 Å². The summed E-state index contributed by atoms with van der Waals surface area (Å²) in [5.74, 6) is -2.47. The van der Waals surface area contributed by atoms with Crippen molar-refractivity contribution in [3.8, 4) is 0 Å². The van der Waals surface area contributed by atoms with Crippen molar-refractivity contribution in [3.63, 3.8) is 0 Å². The molecule has 8 heteroatoms. The molecule has 0 spiro atoms. The van der Waals surface area contributed by atoms with Gasteiger partial charge in [0.1, 0.15) is 5.82 Å². The molecule has 2 aromatic rings. The molecule has 1 amide bonds. The molecule has 21 heavy (non-hydrogen) atoms. The van der Waals surface area contributed by atoms with Gasteiger partial charge in [0, 0.05) is 11.8 Å². The number of nitrogens with zero attached hydrogens (tertiary/aromatic N) is 1. The number of carbonyl (C=O) groups excluding carboxylic acids is 1. The second-order valence-corrected chi connectivity index (χ2v) is 4.08. The van der Waals surface area contributed by atoms with Gasteiger partial charge in [0.25, 0.3) is 11.6 Å². The molecule has 0 fully saturated rings. The fourth-order valence-corrected chi connectivity index (χ4v) is 1.71. The summed E-state index contributed by atoms with van der Waals surface area (Å²) in [6, 6.07) is 6.19. The first kappa shape index (κ1) is 14.4. The third-order valence-corrected chi connectivity index (χ3v) is 2.69. The predicted octanol–water partition coefficient (Wildman–Crippen LogP) is 2.71. The van der Waals surface area contributed by atoms with Crippen LogP contribution in [0.3, 0.4) is 0 Å². The van der Waals surface area contributed by atoms with Crippen LogP contribution in [0, 0.1) is 21.7 Å². The molecule has 0 aliphatic carbocycles. The Balaban J connectivity index is 2.38. The van der Waals surface area contributed by atoms with E-state index in [1.807, 2.05) is 0 Å². The molecule has 0 unspecified atom stereocenters. The monoisotopic (exact) mass is 293 g/mol. The SMILES string of the molecule is Nc1cc(F)ccc1C(=O)Nc1c(F)cccc1[N+](=O)[O-]. The predicted molar refractivity (Wildman–Crippen MR) is 71.8 cm³/mol. The van der Waals surface area contributed by atoms with Crippen LogP contribution in [0.2, 0.25) is 0 Å². The highest BCUT2D eigenvalue weighted by atomic mass is 19.1. The first-order valence-electron chi connectivity index (χ1n) is 5.69. The Morgan fingerprint density at radius 1 is 1.24 bits per heavy atom. The molecule has 0 saturated heterocycles. The van der Waals surface area contributed by atoms with Gasteiger partial charge in [-0.1, -0.05) is 6.07 Å². The fourth-order valence-electron chi connectivity index (χ4n) is 1.71. The van der Waals surface area contributed by atoms with E-state index in [0.29, 0.717) is 0 Å². The molecule has 0 radical (unpaired) electrons. The smallest absolute Gasteiger partial charge is 0.295 e. The number of hydrogen-bond acceptors (Lipinski definition) is 4. The molecule has 0 aromatic heterocycles. The summed E-state index contributed by atoms with van der Waals surface area (Å²) in [7, 11) is 0. The quantitative estimate of drug-likeness (QED) is 0.516. The highest BCUT2D eigenvalue weighted by molar-refractivity contribution is 6.08. The lowest BCUT2D eigenvalue weighted by Crippen LogP contribution is -2.16. The lowest BCUT2D eigenvalue weighted by Gasteiger charge is -2.08. The number of hydrogen-bond donors (Lipinski definition) is 2. The van der Waals surface area contributed by atoms with Gasteiger partial charge in [0.2, 0.25) is 0 Å². The summed E-state index contributed by atoms with van der Waals surface area (Å²) < 4.78 is 26.6. The lowest BCUT2D eigenvalue weighted by molar-refractivity contribution is -0.384. The van der Waals surface area contributed by atoms with E-state index in [1.54, 1.807) is 0 Å². The van der Waals surface area contributed by atoms with Crippen molar-refractivity contribution in [1.82, 2.24) is 0 Å². The number of para-hydroxylation sites is 1. The minimum atomic E-state index is -0.960. The van der Waals surface area contributed by atoms with Gasteiger partial charge in [0.05, 0.1) is 10.5 Å². The Bertz CT molecular complexity index is 735. The maximum atomic E-state index is 13.6. The Hall–Kier alpha value is -3.03. The first-order valence-corrected chi connectivity index (χ1v) is 5.69. The summed E-state index contributed by atoms with van der Waals surface area (Å²) in [6.45, 7) is 0. The minimum Gasteiger partial charge on any atom is -0.398 e. The topological polar surface area (TPSA) is 98.3 Å². The number of nitrogens with two attached hydrogens (primary N) is 1. The van der Waals surface area contributed by atoms with Crippen LogP contribution in [0.25, 0.3) is 0 Å². The van der Waals surface area contributed by atoms with Gasteiger partial charge in [0.15, 0.2) is 11.5 Å². The molecule has 0 aliphatic heterocycles. The number of halogens is 2. The highest BCUT2D eigenvalue weighted by Crippen LogP contribution is 2.28. The molecule has 108 valence electrons. The Morgan fingerprint density at radius 3 is 2.57 bits per heavy atom. The zero-order valence-corrected chi connectivity index (χ0v) is 10.5. The van der Waals surface area contributed by atoms with Crippen molar-refractivity contribution in [2.24, 2.45) is 0 Å². The Labute approximate surface area is 117 Å². The van der Waals surface area contributed by atoms with Crippen LogP contribution in [0.4, 0.5) is 25.8 Å². The Kier molecular flexibility index (Phi) is 3.79. The third-order valence-electron chi connectivity index (χ3n) is 2.69. The van der Waals surface area contributed by atoms with Gasteiger partial charge in [-0.15, -0.1) is 0 Å². The van der Waals surface area contributed by atoms with Gasteiger partial charge in [-0.2, -0.15) is 0 Å². The number of anilines is 2. The van der Waals surface area contributed by atoms with Crippen LogP contribution >= 0.6 is 0 Å². The minimum absolute atomic E-state index is 0.117. The maximum Gasteiger partial charge on any atom is 0.295 e. The number of benzene rings is 2. The third kappa shape index (κ3) is 2.94. The number of nitrogen functional groups attached to an aromatic ring is 1. The van der Waals surface area contributed by atoms with Crippen molar-refractivity contribution in [3.05, 3.63) is 63.7 Å². The van der Waals surface area contributed by atoms with Crippen LogP contribution < -0.4 is 11.1 Å². The molecular weight excluding hydrogens is 284 g/mol. The van der Waals surface area contributed by atoms with Crippen molar-refractivity contribution >= 4 is 23.0 Å². The average molecular weight is 293 g/mol. The van der Waals surface area contributed by atoms with Gasteiger partial charge >= 0.3 is 0 Å². The van der Waals surface area contributed by atoms with E-state index in [2.05, 4.69) is 5.32 Å². The van der Waals surface area contributed by atoms with Crippen LogP contribution in [-0.4, -0.2) is 10.8 Å². The van der Waals surface area contributed by atoms with Crippen LogP contribution in [0.5, 0.6) is 0 Å². The normalized spacial score (nSPS) is 10.2. The van der Waals surface area contributed by atoms with Gasteiger partial charge in [-0.05, 0) is 24.3 Å². The number of amides is 1. The molecule has 0 heterocycles. The van der Waals surface area contributed by atoms with E-state index in [1.165, 1.54) is 0 Å². The molecule has 2 rings (SSSR count). The molecule has 2 aromatic carbocycles. The Morgan fingerprint density at radius 2 is 1.95 bits per heavy atom. The number of nitro benzene ring substituents is 1. The zero-order valence-electron chi connectivity index (χ0n) is 10.5. The summed E-state index contributed by atoms with van der Waals surface area (Å²) in [6.07, 6.45) is 0. The second-order valence-electron chi connectivity index (χ2n) is 4.08. The number of carbonyl (C=O) groups is 1. The van der Waals surface area contributed by atoms with E-state index in [4.69, 9.17) is 5.73 Å². The van der Waals surface area contributed by atoms with Crippen LogP contribution in [-0.2, 0) is 0 Å². The van der Waals surface area contributed by atoms with E-state index in [9.17, 15) is 23.7 Å². The molecule has 0 atom stereocenters. The maximum absolute atomic E-state index is 13.6. The molecule has 3 N–H and O–H groups in total. The molecule has 0 saturated carbocycles. The van der Waals surface area contributed by atoms with Crippen molar-refractivity contribution in [2.45, 2.75) is 0 Å².